The number of hydrogen-bond acceptors (Lipinski definition) is 2. The van der Waals surface area contributed by atoms with Gasteiger partial charge in [-0.05, 0) is 36.3 Å². The third-order valence-electron chi connectivity index (χ3n) is 3.41. The SMILES string of the molecule is CCc1ccc(CC(=O)NCC(C)(C)CC(C)O)cc1. The molecule has 1 atom stereocenters. The average molecular weight is 277 g/mol. The molecular formula is C17H27NO2. The van der Waals surface area contributed by atoms with Gasteiger partial charge in [0, 0.05) is 6.54 Å². The zero-order chi connectivity index (χ0) is 15.2. The largest absolute Gasteiger partial charge is 0.393 e. The molecule has 0 aliphatic rings. The molecule has 0 spiro atoms. The molecule has 1 rings (SSSR count). The van der Waals surface area contributed by atoms with Crippen LogP contribution >= 0.6 is 0 Å². The Kier molecular flexibility index (Phi) is 6.21. The summed E-state index contributed by atoms with van der Waals surface area (Å²) < 4.78 is 0. The summed E-state index contributed by atoms with van der Waals surface area (Å²) in [5.41, 5.74) is 2.23. The molecule has 3 nitrogen and oxygen atoms in total. The summed E-state index contributed by atoms with van der Waals surface area (Å²) in [6, 6.07) is 8.17. The number of aliphatic hydroxyl groups excluding tert-OH is 1. The minimum Gasteiger partial charge on any atom is -0.393 e. The second-order valence-corrected chi connectivity index (χ2v) is 6.34. The van der Waals surface area contributed by atoms with Crippen molar-refractivity contribution in [2.45, 2.75) is 53.1 Å². The molecule has 20 heavy (non-hydrogen) atoms. The predicted molar refractivity (Wildman–Crippen MR) is 82.6 cm³/mol. The van der Waals surface area contributed by atoms with E-state index in [4.69, 9.17) is 0 Å². The normalized spacial score (nSPS) is 13.1. The molecule has 0 saturated carbocycles. The van der Waals surface area contributed by atoms with Crippen LogP contribution in [0.1, 0.15) is 45.2 Å². The number of nitrogens with one attached hydrogen (secondary N) is 1. The highest BCUT2D eigenvalue weighted by molar-refractivity contribution is 5.78. The molecule has 0 fully saturated rings. The first-order valence-electron chi connectivity index (χ1n) is 7.35. The van der Waals surface area contributed by atoms with Crippen LogP contribution in [0.15, 0.2) is 24.3 Å². The van der Waals surface area contributed by atoms with Crippen LogP contribution in [-0.2, 0) is 17.6 Å². The van der Waals surface area contributed by atoms with Crippen molar-refractivity contribution in [3.63, 3.8) is 0 Å². The van der Waals surface area contributed by atoms with E-state index in [0.717, 1.165) is 12.0 Å². The Balaban J connectivity index is 2.43. The first kappa shape index (κ1) is 16.7. The fourth-order valence-corrected chi connectivity index (χ4v) is 2.35. The maximum atomic E-state index is 11.9. The quantitative estimate of drug-likeness (QED) is 0.805. The van der Waals surface area contributed by atoms with Crippen LogP contribution in [0, 0.1) is 5.41 Å². The zero-order valence-corrected chi connectivity index (χ0v) is 13.1. The van der Waals surface area contributed by atoms with E-state index >= 15 is 0 Å². The van der Waals surface area contributed by atoms with Gasteiger partial charge in [0.1, 0.15) is 0 Å². The van der Waals surface area contributed by atoms with Crippen LogP contribution in [0.2, 0.25) is 0 Å². The van der Waals surface area contributed by atoms with E-state index in [0.29, 0.717) is 19.4 Å². The smallest absolute Gasteiger partial charge is 0.224 e. The molecule has 1 aromatic rings. The van der Waals surface area contributed by atoms with Crippen molar-refractivity contribution in [2.24, 2.45) is 5.41 Å². The lowest BCUT2D eigenvalue weighted by Crippen LogP contribution is -2.36. The molecule has 112 valence electrons. The summed E-state index contributed by atoms with van der Waals surface area (Å²) in [6.45, 7) is 8.58. The van der Waals surface area contributed by atoms with Crippen LogP contribution in [-0.4, -0.2) is 23.7 Å². The van der Waals surface area contributed by atoms with Crippen molar-refractivity contribution >= 4 is 5.91 Å². The van der Waals surface area contributed by atoms with Crippen LogP contribution in [0.25, 0.3) is 0 Å². The molecule has 0 aliphatic carbocycles. The Labute approximate surface area is 122 Å². The first-order chi connectivity index (χ1) is 9.32. The molecule has 3 heteroatoms. The van der Waals surface area contributed by atoms with Gasteiger partial charge in [0.05, 0.1) is 12.5 Å². The van der Waals surface area contributed by atoms with E-state index in [1.807, 2.05) is 12.1 Å². The maximum absolute atomic E-state index is 11.9. The first-order valence-corrected chi connectivity index (χ1v) is 7.35. The Morgan fingerprint density at radius 3 is 2.30 bits per heavy atom. The van der Waals surface area contributed by atoms with E-state index in [1.54, 1.807) is 6.92 Å². The highest BCUT2D eigenvalue weighted by atomic mass is 16.3. The molecule has 0 radical (unpaired) electrons. The van der Waals surface area contributed by atoms with Crippen LogP contribution < -0.4 is 5.32 Å². The van der Waals surface area contributed by atoms with Crippen LogP contribution in [0.5, 0.6) is 0 Å². The zero-order valence-electron chi connectivity index (χ0n) is 13.1. The molecule has 0 aliphatic heterocycles. The summed E-state index contributed by atoms with van der Waals surface area (Å²) in [7, 11) is 0. The van der Waals surface area contributed by atoms with Gasteiger partial charge in [-0.15, -0.1) is 0 Å². The number of aryl methyl sites for hydroxylation is 1. The summed E-state index contributed by atoms with van der Waals surface area (Å²) in [5, 5.41) is 12.4. The van der Waals surface area contributed by atoms with Gasteiger partial charge < -0.3 is 10.4 Å². The lowest BCUT2D eigenvalue weighted by atomic mass is 9.87. The summed E-state index contributed by atoms with van der Waals surface area (Å²) in [6.07, 6.45) is 1.76. The molecule has 0 aromatic heterocycles. The molecule has 1 aromatic carbocycles. The van der Waals surface area contributed by atoms with Gasteiger partial charge in [0.2, 0.25) is 5.91 Å². The maximum Gasteiger partial charge on any atom is 0.224 e. The fourth-order valence-electron chi connectivity index (χ4n) is 2.35. The van der Waals surface area contributed by atoms with Crippen LogP contribution in [0.3, 0.4) is 0 Å². The van der Waals surface area contributed by atoms with Crippen molar-refractivity contribution in [1.29, 1.82) is 0 Å². The number of benzene rings is 1. The second kappa shape index (κ2) is 7.44. The van der Waals surface area contributed by atoms with Gasteiger partial charge in [-0.1, -0.05) is 45.0 Å². The molecule has 1 amide bonds. The Bertz CT molecular complexity index is 421. The second-order valence-electron chi connectivity index (χ2n) is 6.34. The predicted octanol–water partition coefficient (Wildman–Crippen LogP) is 2.70. The third kappa shape index (κ3) is 6.20. The highest BCUT2D eigenvalue weighted by Gasteiger charge is 2.21. The number of aliphatic hydroxyl groups is 1. The van der Waals surface area contributed by atoms with E-state index in [-0.39, 0.29) is 17.4 Å². The average Bonchev–Trinajstić information content (AvgIpc) is 2.36. The lowest BCUT2D eigenvalue weighted by Gasteiger charge is -2.26. The highest BCUT2D eigenvalue weighted by Crippen LogP contribution is 2.21. The minimum atomic E-state index is -0.344. The Hall–Kier alpha value is -1.35. The minimum absolute atomic E-state index is 0.0351. The number of amides is 1. The van der Waals surface area contributed by atoms with Gasteiger partial charge in [0.15, 0.2) is 0 Å². The number of carbonyl (C=O) groups excluding carboxylic acids is 1. The number of carbonyl (C=O) groups is 1. The van der Waals surface area contributed by atoms with E-state index in [1.165, 1.54) is 5.56 Å². The van der Waals surface area contributed by atoms with Gasteiger partial charge >= 0.3 is 0 Å². The van der Waals surface area contributed by atoms with Crippen molar-refractivity contribution in [1.82, 2.24) is 5.32 Å². The van der Waals surface area contributed by atoms with Crippen molar-refractivity contribution in [3.05, 3.63) is 35.4 Å². The lowest BCUT2D eigenvalue weighted by molar-refractivity contribution is -0.121. The molecule has 1 unspecified atom stereocenters. The van der Waals surface area contributed by atoms with Crippen molar-refractivity contribution < 1.29 is 9.90 Å². The van der Waals surface area contributed by atoms with Gasteiger partial charge in [-0.25, -0.2) is 0 Å². The molecule has 2 N–H and O–H groups in total. The van der Waals surface area contributed by atoms with Crippen molar-refractivity contribution in [2.75, 3.05) is 6.54 Å². The Morgan fingerprint density at radius 1 is 1.25 bits per heavy atom. The Morgan fingerprint density at radius 2 is 1.80 bits per heavy atom. The topological polar surface area (TPSA) is 49.3 Å². The van der Waals surface area contributed by atoms with E-state index < -0.39 is 0 Å². The van der Waals surface area contributed by atoms with Gasteiger partial charge in [-0.3, -0.25) is 4.79 Å². The monoisotopic (exact) mass is 277 g/mol. The van der Waals surface area contributed by atoms with Crippen LogP contribution in [0.4, 0.5) is 0 Å². The number of rotatable bonds is 7. The van der Waals surface area contributed by atoms with E-state index in [2.05, 4.69) is 38.2 Å². The standard InChI is InChI=1S/C17H27NO2/c1-5-14-6-8-15(9-7-14)10-16(20)18-12-17(3,4)11-13(2)19/h6-9,13,19H,5,10-12H2,1-4H3,(H,18,20). The molecule has 0 heterocycles. The van der Waals surface area contributed by atoms with Crippen molar-refractivity contribution in [3.8, 4) is 0 Å². The van der Waals surface area contributed by atoms with Gasteiger partial charge in [0.25, 0.3) is 0 Å². The summed E-state index contributed by atoms with van der Waals surface area (Å²) >= 11 is 0. The van der Waals surface area contributed by atoms with E-state index in [9.17, 15) is 9.90 Å². The number of hydrogen-bond donors (Lipinski definition) is 2. The van der Waals surface area contributed by atoms with Gasteiger partial charge in [-0.2, -0.15) is 0 Å². The fraction of sp³-hybridized carbons (Fsp3) is 0.588. The third-order valence-corrected chi connectivity index (χ3v) is 3.41. The summed E-state index contributed by atoms with van der Waals surface area (Å²) in [5.74, 6) is 0.0351. The molecule has 0 bridgehead atoms. The molecule has 0 saturated heterocycles. The summed E-state index contributed by atoms with van der Waals surface area (Å²) in [4.78, 5) is 11.9. The molecular weight excluding hydrogens is 250 g/mol.